The van der Waals surface area contributed by atoms with Crippen molar-refractivity contribution in [2.75, 3.05) is 44.7 Å². The zero-order valence-electron chi connectivity index (χ0n) is 18.4. The number of hydrogen-bond donors (Lipinski definition) is 1. The summed E-state index contributed by atoms with van der Waals surface area (Å²) in [5.74, 6) is 0.865. The van der Waals surface area contributed by atoms with Crippen molar-refractivity contribution in [3.8, 4) is 11.5 Å². The molecule has 9 heteroatoms. The van der Waals surface area contributed by atoms with Crippen LogP contribution in [-0.4, -0.2) is 62.3 Å². The van der Waals surface area contributed by atoms with E-state index in [1.54, 1.807) is 74.8 Å². The van der Waals surface area contributed by atoms with Gasteiger partial charge in [0.05, 0.1) is 26.3 Å². The average Bonchev–Trinajstić information content (AvgIpc) is 3.03. The highest BCUT2D eigenvalue weighted by atomic mass is 32.1. The zero-order valence-corrected chi connectivity index (χ0v) is 19.2. The van der Waals surface area contributed by atoms with Crippen molar-refractivity contribution in [2.45, 2.75) is 18.9 Å². The predicted molar refractivity (Wildman–Crippen MR) is 126 cm³/mol. The van der Waals surface area contributed by atoms with E-state index in [1.807, 2.05) is 0 Å². The lowest BCUT2D eigenvalue weighted by Crippen LogP contribution is -2.38. The topological polar surface area (TPSA) is 80.3 Å². The van der Waals surface area contributed by atoms with Crippen LogP contribution in [0, 0.1) is 0 Å². The Balaban J connectivity index is 1.77. The fourth-order valence-corrected chi connectivity index (χ4v) is 3.91. The summed E-state index contributed by atoms with van der Waals surface area (Å²) in [7, 11) is 4.78. The molecule has 1 atom stereocenters. The summed E-state index contributed by atoms with van der Waals surface area (Å²) in [6.45, 7) is 1.03. The minimum atomic E-state index is -0.695. The first-order valence-corrected chi connectivity index (χ1v) is 10.6. The second-order valence-corrected chi connectivity index (χ2v) is 7.56. The monoisotopic (exact) mass is 457 g/mol. The number of amides is 2. The quantitative estimate of drug-likeness (QED) is 0.434. The average molecular weight is 458 g/mol. The maximum absolute atomic E-state index is 13.3. The lowest BCUT2D eigenvalue weighted by Gasteiger charge is -2.23. The van der Waals surface area contributed by atoms with Crippen molar-refractivity contribution in [3.63, 3.8) is 0 Å². The summed E-state index contributed by atoms with van der Waals surface area (Å²) >= 11 is 5.63. The molecule has 3 rings (SSSR count). The number of nitrogens with one attached hydrogen (secondary N) is 1. The third-order valence-corrected chi connectivity index (χ3v) is 5.57. The van der Waals surface area contributed by atoms with Gasteiger partial charge in [0, 0.05) is 25.9 Å². The third-order valence-electron chi connectivity index (χ3n) is 5.15. The van der Waals surface area contributed by atoms with Gasteiger partial charge < -0.3 is 24.4 Å². The molecule has 1 aliphatic rings. The van der Waals surface area contributed by atoms with Gasteiger partial charge in [0.1, 0.15) is 17.5 Å². The van der Waals surface area contributed by atoms with Crippen molar-refractivity contribution >= 4 is 40.5 Å². The van der Waals surface area contributed by atoms with Gasteiger partial charge in [0.15, 0.2) is 5.11 Å². The highest BCUT2D eigenvalue weighted by molar-refractivity contribution is 7.80. The maximum Gasteiger partial charge on any atom is 0.256 e. The minimum absolute atomic E-state index is 0.0232. The van der Waals surface area contributed by atoms with E-state index < -0.39 is 6.04 Å². The van der Waals surface area contributed by atoms with Crippen molar-refractivity contribution in [1.82, 2.24) is 4.90 Å². The molecule has 1 N–H and O–H groups in total. The Morgan fingerprint density at radius 2 is 1.59 bits per heavy atom. The van der Waals surface area contributed by atoms with Gasteiger partial charge in [0.2, 0.25) is 5.91 Å². The van der Waals surface area contributed by atoms with Gasteiger partial charge in [-0.3, -0.25) is 14.5 Å². The standard InChI is InChI=1S/C23H27N3O5S/c1-29-14-4-13-25-20(15-21(27)24-16-5-9-18(30-2)10-6-16)22(28)26(23(25)32)17-7-11-19(31-3)12-8-17/h5-12,20H,4,13-15H2,1-3H3,(H,24,27)/t20-/m0/s1. The molecule has 0 bridgehead atoms. The Morgan fingerprint density at radius 1 is 1.00 bits per heavy atom. The molecule has 1 heterocycles. The molecule has 0 spiro atoms. The van der Waals surface area contributed by atoms with E-state index >= 15 is 0 Å². The largest absolute Gasteiger partial charge is 0.497 e. The van der Waals surface area contributed by atoms with E-state index in [1.165, 1.54) is 4.90 Å². The van der Waals surface area contributed by atoms with E-state index in [2.05, 4.69) is 5.32 Å². The lowest BCUT2D eigenvalue weighted by atomic mass is 10.1. The molecule has 32 heavy (non-hydrogen) atoms. The van der Waals surface area contributed by atoms with Crippen LogP contribution in [0.4, 0.5) is 11.4 Å². The molecule has 8 nitrogen and oxygen atoms in total. The molecule has 170 valence electrons. The van der Waals surface area contributed by atoms with Crippen molar-refractivity contribution < 1.29 is 23.8 Å². The summed E-state index contributed by atoms with van der Waals surface area (Å²) in [5.41, 5.74) is 1.26. The molecule has 0 saturated carbocycles. The van der Waals surface area contributed by atoms with E-state index in [0.29, 0.717) is 47.6 Å². The minimum Gasteiger partial charge on any atom is -0.497 e. The number of anilines is 2. The molecular weight excluding hydrogens is 430 g/mol. The van der Waals surface area contributed by atoms with Gasteiger partial charge in [-0.2, -0.15) is 0 Å². The van der Waals surface area contributed by atoms with Crippen LogP contribution in [0.25, 0.3) is 0 Å². The van der Waals surface area contributed by atoms with E-state index in [0.717, 1.165) is 0 Å². The van der Waals surface area contributed by atoms with Gasteiger partial charge in [-0.05, 0) is 67.2 Å². The van der Waals surface area contributed by atoms with E-state index in [-0.39, 0.29) is 18.2 Å². The van der Waals surface area contributed by atoms with Gasteiger partial charge in [-0.15, -0.1) is 0 Å². The van der Waals surface area contributed by atoms with Crippen LogP contribution in [0.3, 0.4) is 0 Å². The number of hydrogen-bond acceptors (Lipinski definition) is 6. The number of thiocarbonyl (C=S) groups is 1. The molecule has 1 aliphatic heterocycles. The summed E-state index contributed by atoms with van der Waals surface area (Å²) in [6.07, 6.45) is 0.654. The highest BCUT2D eigenvalue weighted by Gasteiger charge is 2.43. The van der Waals surface area contributed by atoms with Crippen LogP contribution in [-0.2, 0) is 14.3 Å². The number of nitrogens with zero attached hydrogens (tertiary/aromatic N) is 2. The fraction of sp³-hybridized carbons (Fsp3) is 0.348. The Morgan fingerprint density at radius 3 is 2.16 bits per heavy atom. The number of carbonyl (C=O) groups excluding carboxylic acids is 2. The molecule has 0 radical (unpaired) electrons. The molecule has 0 unspecified atom stereocenters. The SMILES string of the molecule is COCCCN1C(=S)N(c2ccc(OC)cc2)C(=O)[C@@H]1CC(=O)Nc1ccc(OC)cc1. The van der Waals surface area contributed by atoms with Crippen LogP contribution in [0.5, 0.6) is 11.5 Å². The smallest absolute Gasteiger partial charge is 0.256 e. The Labute approximate surface area is 193 Å². The summed E-state index contributed by atoms with van der Waals surface area (Å²) < 4.78 is 15.5. The Hall–Kier alpha value is -3.17. The molecule has 1 saturated heterocycles. The lowest BCUT2D eigenvalue weighted by molar-refractivity contribution is -0.124. The number of rotatable bonds is 10. The predicted octanol–water partition coefficient (Wildman–Crippen LogP) is 3.07. The second kappa shape index (κ2) is 10.9. The molecule has 2 amide bonds. The molecule has 2 aromatic carbocycles. The van der Waals surface area contributed by atoms with Crippen LogP contribution >= 0.6 is 12.2 Å². The van der Waals surface area contributed by atoms with Crippen LogP contribution < -0.4 is 19.7 Å². The van der Waals surface area contributed by atoms with Crippen molar-refractivity contribution in [2.24, 2.45) is 0 Å². The van der Waals surface area contributed by atoms with Gasteiger partial charge in [0.25, 0.3) is 5.91 Å². The first-order chi connectivity index (χ1) is 15.5. The van der Waals surface area contributed by atoms with Gasteiger partial charge >= 0.3 is 0 Å². The molecule has 1 fully saturated rings. The summed E-state index contributed by atoms with van der Waals surface area (Å²) in [6, 6.07) is 13.4. The number of carbonyl (C=O) groups is 2. The van der Waals surface area contributed by atoms with Gasteiger partial charge in [-0.1, -0.05) is 0 Å². The molecule has 0 aliphatic carbocycles. The molecular formula is C23H27N3O5S. The van der Waals surface area contributed by atoms with Crippen LogP contribution in [0.15, 0.2) is 48.5 Å². The normalized spacial score (nSPS) is 15.8. The fourth-order valence-electron chi connectivity index (χ4n) is 3.50. The van der Waals surface area contributed by atoms with Crippen molar-refractivity contribution in [1.29, 1.82) is 0 Å². The number of methoxy groups -OCH3 is 3. The first kappa shape index (κ1) is 23.5. The summed E-state index contributed by atoms with van der Waals surface area (Å²) in [4.78, 5) is 29.4. The molecule has 2 aromatic rings. The van der Waals surface area contributed by atoms with Crippen LogP contribution in [0.1, 0.15) is 12.8 Å². The highest BCUT2D eigenvalue weighted by Crippen LogP contribution is 2.29. The zero-order chi connectivity index (χ0) is 23.1. The van der Waals surface area contributed by atoms with Crippen molar-refractivity contribution in [3.05, 3.63) is 48.5 Å². The third kappa shape index (κ3) is 5.35. The maximum atomic E-state index is 13.3. The Bertz CT molecular complexity index is 949. The first-order valence-electron chi connectivity index (χ1n) is 10.2. The number of ether oxygens (including phenoxy) is 3. The van der Waals surface area contributed by atoms with E-state index in [4.69, 9.17) is 26.4 Å². The van der Waals surface area contributed by atoms with E-state index in [9.17, 15) is 9.59 Å². The second-order valence-electron chi connectivity index (χ2n) is 7.19. The molecule has 0 aromatic heterocycles. The van der Waals surface area contributed by atoms with Crippen LogP contribution in [0.2, 0.25) is 0 Å². The summed E-state index contributed by atoms with van der Waals surface area (Å²) in [5, 5.41) is 3.21. The van der Waals surface area contributed by atoms with Gasteiger partial charge in [-0.25, -0.2) is 0 Å². The number of benzene rings is 2. The Kier molecular flexibility index (Phi) is 8.02.